The zero-order valence-electron chi connectivity index (χ0n) is 16.0. The summed E-state index contributed by atoms with van der Waals surface area (Å²) in [6.07, 6.45) is 0. The van der Waals surface area contributed by atoms with Crippen LogP contribution >= 0.6 is 5.01 Å². The van der Waals surface area contributed by atoms with Crippen LogP contribution in [0.25, 0.3) is 0 Å². The van der Waals surface area contributed by atoms with Gasteiger partial charge in [0.05, 0.1) is 0 Å². The van der Waals surface area contributed by atoms with Crippen molar-refractivity contribution in [3.05, 3.63) is 91.0 Å². The first-order valence-corrected chi connectivity index (χ1v) is 14.1. The van der Waals surface area contributed by atoms with Crippen molar-refractivity contribution < 1.29 is 46.2 Å². The molecule has 0 unspecified atom stereocenters. The molecule has 3 rings (SSSR count). The van der Waals surface area contributed by atoms with Gasteiger partial charge < -0.3 is 1.43 Å². The van der Waals surface area contributed by atoms with Crippen LogP contribution in [0.5, 0.6) is 0 Å². The number of hydrogen-bond donors (Lipinski definition) is 2. The van der Waals surface area contributed by atoms with Gasteiger partial charge in [0.1, 0.15) is 0 Å². The van der Waals surface area contributed by atoms with E-state index in [1.165, 1.54) is 72.8 Å². The minimum atomic E-state index is -5.85. The minimum absolute atomic E-state index is 0. The SMILES string of the molecule is O=S(=O)(O)P(c1ccccc1)(c1ccccc1)(c1ccccc1)S(=O)(=O)O.[H-].[Li+]. The molecule has 3 aromatic carbocycles. The summed E-state index contributed by atoms with van der Waals surface area (Å²) in [6.45, 7) is 0. The first-order valence-electron chi connectivity index (χ1n) is 7.80. The largest absolute Gasteiger partial charge is 1.00 e. The van der Waals surface area contributed by atoms with E-state index in [4.69, 9.17) is 0 Å². The Labute approximate surface area is 177 Å². The molecule has 144 valence electrons. The quantitative estimate of drug-likeness (QED) is 0.312. The molecular formula is C18H18LiO6PS2. The molecule has 0 aliphatic heterocycles. The summed E-state index contributed by atoms with van der Waals surface area (Å²) < 4.78 is 73.5. The van der Waals surface area contributed by atoms with E-state index < -0.39 is 24.5 Å². The van der Waals surface area contributed by atoms with Gasteiger partial charge in [0, 0.05) is 0 Å². The van der Waals surface area contributed by atoms with E-state index in [1.54, 1.807) is 18.2 Å². The molecule has 0 heterocycles. The fourth-order valence-electron chi connectivity index (χ4n) is 3.46. The van der Waals surface area contributed by atoms with Crippen LogP contribution in [0.15, 0.2) is 91.0 Å². The maximum Gasteiger partial charge on any atom is 1.00 e. The van der Waals surface area contributed by atoms with Gasteiger partial charge in [-0.1, -0.05) is 0 Å². The summed E-state index contributed by atoms with van der Waals surface area (Å²) in [5.41, 5.74) is 0. The summed E-state index contributed by atoms with van der Waals surface area (Å²) in [5, 5.41) is -6.46. The molecule has 0 fully saturated rings. The molecule has 10 heteroatoms. The molecule has 0 bridgehead atoms. The minimum Gasteiger partial charge on any atom is -1.00 e. The van der Waals surface area contributed by atoms with Crippen LogP contribution in [-0.4, -0.2) is 25.9 Å². The molecule has 0 aliphatic rings. The Bertz CT molecular complexity index is 1040. The first kappa shape index (κ1) is 22.8. The predicted octanol–water partition coefficient (Wildman–Crippen LogP) is -0.762. The topological polar surface area (TPSA) is 109 Å². The van der Waals surface area contributed by atoms with Crippen LogP contribution in [0.4, 0.5) is 0 Å². The predicted molar refractivity (Wildman–Crippen MR) is 109 cm³/mol. The van der Waals surface area contributed by atoms with Gasteiger partial charge in [-0.2, -0.15) is 0 Å². The first-order chi connectivity index (χ1) is 12.7. The summed E-state index contributed by atoms with van der Waals surface area (Å²) in [7, 11) is -10.8. The van der Waals surface area contributed by atoms with Crippen molar-refractivity contribution in [2.45, 2.75) is 0 Å². The molecule has 0 radical (unpaired) electrons. The zero-order chi connectivity index (χ0) is 19.8. The van der Waals surface area contributed by atoms with Crippen molar-refractivity contribution in [1.29, 1.82) is 0 Å². The van der Waals surface area contributed by atoms with Crippen LogP contribution in [0, 0.1) is 0 Å². The summed E-state index contributed by atoms with van der Waals surface area (Å²) in [6, 6.07) is 21.2. The van der Waals surface area contributed by atoms with Gasteiger partial charge in [-0.25, -0.2) is 0 Å². The van der Waals surface area contributed by atoms with E-state index in [1.807, 2.05) is 0 Å². The Hall–Kier alpha value is -1.49. The van der Waals surface area contributed by atoms with Crippen molar-refractivity contribution in [3.8, 4) is 0 Å². The maximum absolute atomic E-state index is 13.1. The maximum atomic E-state index is 13.1. The van der Waals surface area contributed by atoms with Crippen molar-refractivity contribution >= 4 is 40.4 Å². The van der Waals surface area contributed by atoms with Crippen LogP contribution in [-0.2, 0) is 19.5 Å². The Balaban J connectivity index is 0.00000210. The van der Waals surface area contributed by atoms with E-state index in [0.717, 1.165) is 0 Å². The summed E-state index contributed by atoms with van der Waals surface area (Å²) in [5.74, 6) is 0. The van der Waals surface area contributed by atoms with Crippen molar-refractivity contribution in [3.63, 3.8) is 0 Å². The summed E-state index contributed by atoms with van der Waals surface area (Å²) in [4.78, 5) is 0. The number of benzene rings is 3. The fraction of sp³-hybridized carbons (Fsp3) is 0. The van der Waals surface area contributed by atoms with Gasteiger partial charge >= 0.3 is 176 Å². The average Bonchev–Trinajstić information content (AvgIpc) is 2.63. The van der Waals surface area contributed by atoms with E-state index in [-0.39, 0.29) is 36.2 Å². The monoisotopic (exact) mass is 432 g/mol. The van der Waals surface area contributed by atoms with Gasteiger partial charge in [0.25, 0.3) is 0 Å². The molecule has 0 saturated heterocycles. The third kappa shape index (κ3) is 2.72. The standard InChI is InChI=1S/C18H17O6PS2.Li.H/c19-26(20,21)25(27(22,23)24,16-10-4-1-5-11-16,17-12-6-2-7-13-17)18-14-8-3-9-15-18;;/h1-15H,(H,19,20,21)(H,22,23,24);;/q;+1;-1. The Morgan fingerprint density at radius 2 is 0.750 bits per heavy atom. The molecule has 6 nitrogen and oxygen atoms in total. The van der Waals surface area contributed by atoms with Crippen LogP contribution < -0.4 is 34.8 Å². The molecular weight excluding hydrogens is 414 g/mol. The number of rotatable bonds is 5. The molecule has 0 aliphatic carbocycles. The van der Waals surface area contributed by atoms with E-state index >= 15 is 0 Å². The van der Waals surface area contributed by atoms with Gasteiger partial charge in [0.15, 0.2) is 0 Å². The Morgan fingerprint density at radius 1 is 0.536 bits per heavy atom. The Morgan fingerprint density at radius 3 is 0.929 bits per heavy atom. The van der Waals surface area contributed by atoms with Crippen LogP contribution in [0.2, 0.25) is 0 Å². The van der Waals surface area contributed by atoms with Gasteiger partial charge in [-0.15, -0.1) is 0 Å². The second-order valence-corrected chi connectivity index (χ2v) is 19.0. The summed E-state index contributed by atoms with van der Waals surface area (Å²) >= 11 is 0. The fourth-order valence-corrected chi connectivity index (χ4v) is 18.2. The molecule has 0 saturated carbocycles. The molecule has 2 N–H and O–H groups in total. The van der Waals surface area contributed by atoms with Crippen molar-refractivity contribution in [2.24, 2.45) is 0 Å². The average molecular weight is 432 g/mol. The Kier molecular flexibility index (Phi) is 6.30. The van der Waals surface area contributed by atoms with Crippen molar-refractivity contribution in [2.75, 3.05) is 0 Å². The molecule has 3 aromatic rings. The zero-order valence-corrected chi connectivity index (χ0v) is 17.5. The van der Waals surface area contributed by atoms with E-state index in [2.05, 4.69) is 0 Å². The van der Waals surface area contributed by atoms with Gasteiger partial charge in [-0.05, 0) is 0 Å². The van der Waals surface area contributed by atoms with E-state index in [0.29, 0.717) is 0 Å². The molecule has 0 atom stereocenters. The van der Waals surface area contributed by atoms with Gasteiger partial charge in [-0.3, -0.25) is 0 Å². The number of hydrogen-bond acceptors (Lipinski definition) is 4. The van der Waals surface area contributed by atoms with Crippen molar-refractivity contribution in [1.82, 2.24) is 0 Å². The van der Waals surface area contributed by atoms with Crippen LogP contribution in [0.1, 0.15) is 1.43 Å². The second-order valence-electron chi connectivity index (χ2n) is 5.86. The molecule has 28 heavy (non-hydrogen) atoms. The van der Waals surface area contributed by atoms with Gasteiger partial charge in [0.2, 0.25) is 0 Å². The molecule has 0 spiro atoms. The molecule has 0 amide bonds. The molecule has 0 aromatic heterocycles. The smallest absolute Gasteiger partial charge is 1.00 e. The second kappa shape index (κ2) is 7.73. The normalized spacial score (nSPS) is 13.7. The third-order valence-electron chi connectivity index (χ3n) is 4.56. The van der Waals surface area contributed by atoms with E-state index in [9.17, 15) is 25.9 Å². The van der Waals surface area contributed by atoms with Crippen LogP contribution in [0.3, 0.4) is 0 Å². The third-order valence-corrected chi connectivity index (χ3v) is 22.5.